The first-order valence-electron chi connectivity index (χ1n) is 6.54. The number of rotatable bonds is 1. The summed E-state index contributed by atoms with van der Waals surface area (Å²) in [5, 5.41) is 0. The van der Waals surface area contributed by atoms with E-state index in [-0.39, 0.29) is 11.5 Å². The third-order valence-corrected chi connectivity index (χ3v) is 3.64. The number of hydrogen-bond donors (Lipinski definition) is 0. The fraction of sp³-hybridized carbons (Fsp3) is 0.571. The zero-order valence-corrected chi connectivity index (χ0v) is 11.1. The molecule has 1 aliphatic heterocycles. The molecule has 1 aromatic rings. The van der Waals surface area contributed by atoms with E-state index in [0.29, 0.717) is 11.5 Å². The lowest BCUT2D eigenvalue weighted by Crippen LogP contribution is -2.32. The predicted octanol–water partition coefficient (Wildman–Crippen LogP) is 1.65. The van der Waals surface area contributed by atoms with Gasteiger partial charge in [-0.1, -0.05) is 6.92 Å². The minimum atomic E-state index is -0.0870. The molecule has 4 nitrogen and oxygen atoms in total. The highest BCUT2D eigenvalue weighted by Gasteiger charge is 2.19. The molecule has 18 heavy (non-hydrogen) atoms. The highest BCUT2D eigenvalue weighted by Crippen LogP contribution is 2.17. The number of carbonyl (C=O) groups is 1. The van der Waals surface area contributed by atoms with Crippen LogP contribution >= 0.6 is 0 Å². The Morgan fingerprint density at radius 3 is 2.78 bits per heavy atom. The molecule has 1 saturated heterocycles. The van der Waals surface area contributed by atoms with Gasteiger partial charge in [-0.2, -0.15) is 0 Å². The van der Waals surface area contributed by atoms with Crippen molar-refractivity contribution in [3.05, 3.63) is 34.2 Å². The van der Waals surface area contributed by atoms with Gasteiger partial charge in [0.15, 0.2) is 0 Å². The number of aromatic nitrogens is 1. The van der Waals surface area contributed by atoms with Crippen molar-refractivity contribution in [2.45, 2.75) is 26.2 Å². The molecule has 0 saturated carbocycles. The number of nitrogens with zero attached hydrogens (tertiary/aromatic N) is 2. The Kier molecular flexibility index (Phi) is 3.84. The van der Waals surface area contributed by atoms with Crippen molar-refractivity contribution in [2.75, 3.05) is 13.1 Å². The number of amides is 1. The Balaban J connectivity index is 2.15. The van der Waals surface area contributed by atoms with Crippen molar-refractivity contribution in [1.82, 2.24) is 9.47 Å². The lowest BCUT2D eigenvalue weighted by Gasteiger charge is -2.20. The van der Waals surface area contributed by atoms with Crippen molar-refractivity contribution >= 4 is 5.91 Å². The van der Waals surface area contributed by atoms with Crippen molar-refractivity contribution in [3.8, 4) is 0 Å². The summed E-state index contributed by atoms with van der Waals surface area (Å²) in [6, 6.07) is 3.08. The van der Waals surface area contributed by atoms with Crippen molar-refractivity contribution in [1.29, 1.82) is 0 Å². The molecule has 1 fully saturated rings. The minimum absolute atomic E-state index is 0.0414. The number of pyridine rings is 1. The molecule has 1 aromatic heterocycles. The van der Waals surface area contributed by atoms with Gasteiger partial charge in [-0.25, -0.2) is 0 Å². The number of likely N-dealkylation sites (tertiary alicyclic amines) is 1. The fourth-order valence-electron chi connectivity index (χ4n) is 2.37. The highest BCUT2D eigenvalue weighted by molar-refractivity contribution is 5.93. The van der Waals surface area contributed by atoms with E-state index in [4.69, 9.17) is 0 Å². The molecule has 0 radical (unpaired) electrons. The smallest absolute Gasteiger partial charge is 0.255 e. The van der Waals surface area contributed by atoms with E-state index in [0.717, 1.165) is 25.9 Å². The van der Waals surface area contributed by atoms with Crippen LogP contribution in [-0.2, 0) is 7.05 Å². The van der Waals surface area contributed by atoms with Crippen LogP contribution in [0.15, 0.2) is 23.1 Å². The quantitative estimate of drug-likeness (QED) is 0.758. The number of carbonyl (C=O) groups excluding carboxylic acids is 1. The summed E-state index contributed by atoms with van der Waals surface area (Å²) < 4.78 is 1.45. The van der Waals surface area contributed by atoms with E-state index < -0.39 is 0 Å². The second-order valence-corrected chi connectivity index (χ2v) is 5.20. The largest absolute Gasteiger partial charge is 0.339 e. The Morgan fingerprint density at radius 2 is 2.06 bits per heavy atom. The van der Waals surface area contributed by atoms with E-state index in [1.807, 2.05) is 4.90 Å². The fourth-order valence-corrected chi connectivity index (χ4v) is 2.37. The van der Waals surface area contributed by atoms with Gasteiger partial charge in [0.2, 0.25) is 5.56 Å². The Labute approximate surface area is 107 Å². The van der Waals surface area contributed by atoms with Gasteiger partial charge < -0.3 is 9.47 Å². The second-order valence-electron chi connectivity index (χ2n) is 5.20. The second kappa shape index (κ2) is 5.38. The van der Waals surface area contributed by atoms with Gasteiger partial charge in [-0.3, -0.25) is 9.59 Å². The van der Waals surface area contributed by atoms with Crippen LogP contribution in [0.3, 0.4) is 0 Å². The predicted molar refractivity (Wildman–Crippen MR) is 70.6 cm³/mol. The molecular formula is C14H20N2O2. The summed E-state index contributed by atoms with van der Waals surface area (Å²) in [6.45, 7) is 3.88. The molecule has 2 rings (SSSR count). The van der Waals surface area contributed by atoms with Crippen LogP contribution in [0.5, 0.6) is 0 Å². The van der Waals surface area contributed by atoms with Crippen LogP contribution in [-0.4, -0.2) is 28.5 Å². The lowest BCUT2D eigenvalue weighted by atomic mass is 10.0. The first-order chi connectivity index (χ1) is 8.58. The van der Waals surface area contributed by atoms with Crippen LogP contribution in [0.4, 0.5) is 0 Å². The van der Waals surface area contributed by atoms with E-state index in [1.54, 1.807) is 19.3 Å². The summed E-state index contributed by atoms with van der Waals surface area (Å²) in [5.74, 6) is 0.739. The molecular weight excluding hydrogens is 228 g/mol. The van der Waals surface area contributed by atoms with Crippen LogP contribution in [0.25, 0.3) is 0 Å². The maximum Gasteiger partial charge on any atom is 0.255 e. The van der Waals surface area contributed by atoms with Gasteiger partial charge in [0.05, 0.1) is 5.56 Å². The first-order valence-corrected chi connectivity index (χ1v) is 6.54. The van der Waals surface area contributed by atoms with Gasteiger partial charge in [0.1, 0.15) is 0 Å². The zero-order valence-electron chi connectivity index (χ0n) is 11.1. The summed E-state index contributed by atoms with van der Waals surface area (Å²) in [6.07, 6.45) is 4.95. The summed E-state index contributed by atoms with van der Waals surface area (Å²) in [7, 11) is 1.67. The minimum Gasteiger partial charge on any atom is -0.339 e. The summed E-state index contributed by atoms with van der Waals surface area (Å²) in [5.41, 5.74) is 0.516. The SMILES string of the molecule is CC1CCCN(C(=O)c2ccc(=O)n(C)c2)CC1. The molecule has 1 atom stereocenters. The Bertz CT molecular complexity index is 493. The van der Waals surface area contributed by atoms with Crippen molar-refractivity contribution in [3.63, 3.8) is 0 Å². The zero-order chi connectivity index (χ0) is 13.1. The molecule has 0 N–H and O–H groups in total. The number of hydrogen-bond acceptors (Lipinski definition) is 2. The summed E-state index contributed by atoms with van der Waals surface area (Å²) >= 11 is 0. The van der Waals surface area contributed by atoms with Crippen molar-refractivity contribution < 1.29 is 4.79 Å². The van der Waals surface area contributed by atoms with Gasteiger partial charge in [0.25, 0.3) is 5.91 Å². The van der Waals surface area contributed by atoms with Crippen LogP contribution in [0.2, 0.25) is 0 Å². The molecule has 0 bridgehead atoms. The van der Waals surface area contributed by atoms with Crippen LogP contribution in [0, 0.1) is 5.92 Å². The topological polar surface area (TPSA) is 42.3 Å². The molecule has 2 heterocycles. The Hall–Kier alpha value is -1.58. The molecule has 1 unspecified atom stereocenters. The third kappa shape index (κ3) is 2.81. The number of aryl methyl sites for hydroxylation is 1. The van der Waals surface area contributed by atoms with E-state index in [1.165, 1.54) is 17.1 Å². The molecule has 1 amide bonds. The third-order valence-electron chi connectivity index (χ3n) is 3.64. The van der Waals surface area contributed by atoms with Gasteiger partial charge in [0, 0.05) is 32.4 Å². The molecule has 0 aliphatic carbocycles. The van der Waals surface area contributed by atoms with Crippen LogP contribution < -0.4 is 5.56 Å². The average Bonchev–Trinajstić information content (AvgIpc) is 2.57. The van der Waals surface area contributed by atoms with Crippen LogP contribution in [0.1, 0.15) is 36.5 Å². The van der Waals surface area contributed by atoms with Gasteiger partial charge in [-0.05, 0) is 31.2 Å². The van der Waals surface area contributed by atoms with Gasteiger partial charge in [-0.15, -0.1) is 0 Å². The van der Waals surface area contributed by atoms with E-state index >= 15 is 0 Å². The highest BCUT2D eigenvalue weighted by atomic mass is 16.2. The molecule has 0 aromatic carbocycles. The standard InChI is InChI=1S/C14H20N2O2/c1-11-4-3-8-16(9-7-11)14(18)12-5-6-13(17)15(2)10-12/h5-6,10-11H,3-4,7-9H2,1-2H3. The maximum atomic E-state index is 12.3. The normalized spacial score (nSPS) is 20.6. The van der Waals surface area contributed by atoms with E-state index in [2.05, 4.69) is 6.92 Å². The Morgan fingerprint density at radius 1 is 1.28 bits per heavy atom. The molecule has 4 heteroatoms. The maximum absolute atomic E-state index is 12.3. The van der Waals surface area contributed by atoms with E-state index in [9.17, 15) is 9.59 Å². The average molecular weight is 248 g/mol. The monoisotopic (exact) mass is 248 g/mol. The van der Waals surface area contributed by atoms with Gasteiger partial charge >= 0.3 is 0 Å². The molecule has 0 spiro atoms. The lowest BCUT2D eigenvalue weighted by molar-refractivity contribution is 0.0759. The first kappa shape index (κ1) is 12.9. The van der Waals surface area contributed by atoms with Crippen molar-refractivity contribution in [2.24, 2.45) is 13.0 Å². The molecule has 98 valence electrons. The summed E-state index contributed by atoms with van der Waals surface area (Å²) in [4.78, 5) is 25.5. The molecule has 1 aliphatic rings.